The summed E-state index contributed by atoms with van der Waals surface area (Å²) >= 11 is 3.34. The molecule has 0 unspecified atom stereocenters. The normalized spacial score (nSPS) is 11.4. The van der Waals surface area contributed by atoms with Crippen LogP contribution in [0.5, 0.6) is 5.75 Å². The molecule has 2 aromatic carbocycles. The van der Waals surface area contributed by atoms with E-state index in [1.807, 2.05) is 30.3 Å². The van der Waals surface area contributed by atoms with E-state index >= 15 is 0 Å². The molecular weight excluding hydrogens is 482 g/mol. The summed E-state index contributed by atoms with van der Waals surface area (Å²) in [5, 5.41) is 4.28. The maximum Gasteiger partial charge on any atom is 0.343 e. The molecule has 4 rings (SSSR count). The molecule has 162 valence electrons. The van der Waals surface area contributed by atoms with E-state index in [-0.39, 0.29) is 0 Å². The van der Waals surface area contributed by atoms with Crippen LogP contribution in [0.1, 0.15) is 21.6 Å². The first-order valence-electron chi connectivity index (χ1n) is 9.95. The SMILES string of the molecule is O=C(Oc1ccc(/C=N\NC(=Nc2ccccn2)c2ccccn2)cc1)c1ccc(Br)cc1. The number of pyridine rings is 2. The molecule has 0 aliphatic rings. The highest BCUT2D eigenvalue weighted by molar-refractivity contribution is 9.10. The Balaban J connectivity index is 1.42. The van der Waals surface area contributed by atoms with Gasteiger partial charge in [0.05, 0.1) is 11.8 Å². The van der Waals surface area contributed by atoms with Crippen LogP contribution >= 0.6 is 15.9 Å². The lowest BCUT2D eigenvalue weighted by atomic mass is 10.2. The van der Waals surface area contributed by atoms with Crippen LogP contribution in [0.25, 0.3) is 0 Å². The number of halogens is 1. The molecule has 2 aromatic heterocycles. The summed E-state index contributed by atoms with van der Waals surface area (Å²) in [4.78, 5) is 25.3. The first-order valence-corrected chi connectivity index (χ1v) is 10.7. The van der Waals surface area contributed by atoms with Gasteiger partial charge in [0.25, 0.3) is 0 Å². The Morgan fingerprint density at radius 2 is 1.61 bits per heavy atom. The van der Waals surface area contributed by atoms with Crippen LogP contribution in [-0.4, -0.2) is 28.0 Å². The molecule has 0 saturated heterocycles. The van der Waals surface area contributed by atoms with Crippen molar-refractivity contribution in [3.05, 3.63) is 119 Å². The lowest BCUT2D eigenvalue weighted by Gasteiger charge is -2.06. The number of amidine groups is 1. The van der Waals surface area contributed by atoms with E-state index in [4.69, 9.17) is 4.74 Å². The number of aliphatic imine (C=N–C) groups is 1. The number of rotatable bonds is 6. The van der Waals surface area contributed by atoms with Crippen molar-refractivity contribution < 1.29 is 9.53 Å². The number of carbonyl (C=O) groups excluding carboxylic acids is 1. The van der Waals surface area contributed by atoms with Crippen molar-refractivity contribution >= 4 is 39.8 Å². The Labute approximate surface area is 199 Å². The largest absolute Gasteiger partial charge is 0.423 e. The number of hydrogen-bond acceptors (Lipinski definition) is 6. The predicted octanol–water partition coefficient (Wildman–Crippen LogP) is 5.16. The van der Waals surface area contributed by atoms with Gasteiger partial charge in [-0.25, -0.2) is 14.8 Å². The van der Waals surface area contributed by atoms with Crippen molar-refractivity contribution in [2.45, 2.75) is 0 Å². The molecule has 0 bridgehead atoms. The van der Waals surface area contributed by atoms with Crippen LogP contribution < -0.4 is 10.2 Å². The van der Waals surface area contributed by atoms with Crippen molar-refractivity contribution in [2.24, 2.45) is 10.1 Å². The minimum absolute atomic E-state index is 0.420. The molecule has 8 heteroatoms. The second-order valence-corrected chi connectivity index (χ2v) is 7.61. The lowest BCUT2D eigenvalue weighted by molar-refractivity contribution is 0.0734. The number of aromatic nitrogens is 2. The van der Waals surface area contributed by atoms with Gasteiger partial charge >= 0.3 is 5.97 Å². The predicted molar refractivity (Wildman–Crippen MR) is 131 cm³/mol. The zero-order chi connectivity index (χ0) is 22.9. The van der Waals surface area contributed by atoms with E-state index in [0.29, 0.717) is 28.7 Å². The molecule has 0 amide bonds. The monoisotopic (exact) mass is 499 g/mol. The van der Waals surface area contributed by atoms with E-state index in [9.17, 15) is 4.79 Å². The molecule has 0 aliphatic carbocycles. The number of hydrogen-bond donors (Lipinski definition) is 1. The van der Waals surface area contributed by atoms with Crippen molar-refractivity contribution in [3.63, 3.8) is 0 Å². The molecule has 7 nitrogen and oxygen atoms in total. The summed E-state index contributed by atoms with van der Waals surface area (Å²) in [7, 11) is 0. The molecular formula is C25H18BrN5O2. The van der Waals surface area contributed by atoms with Crippen LogP contribution in [0.15, 0.2) is 112 Å². The summed E-state index contributed by atoms with van der Waals surface area (Å²) in [5.74, 6) is 1.03. The topological polar surface area (TPSA) is 88.8 Å². The summed E-state index contributed by atoms with van der Waals surface area (Å²) in [6.07, 6.45) is 4.99. The molecule has 4 aromatic rings. The Hall–Kier alpha value is -4.17. The van der Waals surface area contributed by atoms with Gasteiger partial charge in [-0.3, -0.25) is 10.4 Å². The second-order valence-electron chi connectivity index (χ2n) is 6.70. The summed E-state index contributed by atoms with van der Waals surface area (Å²) < 4.78 is 6.31. The third-order valence-electron chi connectivity index (χ3n) is 4.34. The van der Waals surface area contributed by atoms with Crippen molar-refractivity contribution in [2.75, 3.05) is 0 Å². The van der Waals surface area contributed by atoms with Crippen molar-refractivity contribution in [3.8, 4) is 5.75 Å². The molecule has 2 heterocycles. The molecule has 0 atom stereocenters. The maximum atomic E-state index is 12.2. The number of nitrogens with zero attached hydrogens (tertiary/aromatic N) is 4. The quantitative estimate of drug-likeness (QED) is 0.130. The van der Waals surface area contributed by atoms with E-state index in [1.165, 1.54) is 0 Å². The fourth-order valence-electron chi connectivity index (χ4n) is 2.72. The number of esters is 1. The van der Waals surface area contributed by atoms with E-state index in [0.717, 1.165) is 10.0 Å². The fraction of sp³-hybridized carbons (Fsp3) is 0. The lowest BCUT2D eigenvalue weighted by Crippen LogP contribution is -2.20. The van der Waals surface area contributed by atoms with E-state index in [1.54, 1.807) is 73.2 Å². The Bertz CT molecular complexity index is 1260. The number of carbonyl (C=O) groups is 1. The third-order valence-corrected chi connectivity index (χ3v) is 4.87. The maximum absolute atomic E-state index is 12.2. The highest BCUT2D eigenvalue weighted by Crippen LogP contribution is 2.16. The first kappa shape index (κ1) is 22.0. The highest BCUT2D eigenvalue weighted by atomic mass is 79.9. The Morgan fingerprint density at radius 3 is 2.27 bits per heavy atom. The van der Waals surface area contributed by atoms with Gasteiger partial charge in [0, 0.05) is 16.9 Å². The van der Waals surface area contributed by atoms with Crippen LogP contribution in [0, 0.1) is 0 Å². The zero-order valence-electron chi connectivity index (χ0n) is 17.3. The molecule has 0 aliphatic heterocycles. The fourth-order valence-corrected chi connectivity index (χ4v) is 2.98. The second kappa shape index (κ2) is 10.9. The standard InChI is InChI=1S/C25H18BrN5O2/c26-20-11-9-19(10-12-20)25(32)33-21-13-7-18(8-14-21)17-29-31-24(22-5-1-3-15-27-22)30-23-6-2-4-16-28-23/h1-17H,(H,28,30,31)/b29-17-. The van der Waals surface area contributed by atoms with Gasteiger partial charge in [-0.2, -0.15) is 5.10 Å². The van der Waals surface area contributed by atoms with Crippen LogP contribution in [0.3, 0.4) is 0 Å². The number of hydrazone groups is 1. The molecule has 0 radical (unpaired) electrons. The average Bonchev–Trinajstić information content (AvgIpc) is 2.86. The number of benzene rings is 2. The average molecular weight is 500 g/mol. The molecule has 1 N–H and O–H groups in total. The third kappa shape index (κ3) is 6.41. The van der Waals surface area contributed by atoms with Gasteiger partial charge in [-0.1, -0.05) is 28.1 Å². The minimum Gasteiger partial charge on any atom is -0.423 e. The van der Waals surface area contributed by atoms with Crippen LogP contribution in [0.2, 0.25) is 0 Å². The van der Waals surface area contributed by atoms with Crippen LogP contribution in [0.4, 0.5) is 5.82 Å². The summed E-state index contributed by atoms with van der Waals surface area (Å²) in [6, 6.07) is 25.0. The van der Waals surface area contributed by atoms with Crippen molar-refractivity contribution in [1.29, 1.82) is 0 Å². The van der Waals surface area contributed by atoms with E-state index < -0.39 is 5.97 Å². The summed E-state index contributed by atoms with van der Waals surface area (Å²) in [6.45, 7) is 0. The number of ether oxygens (including phenoxy) is 1. The highest BCUT2D eigenvalue weighted by Gasteiger charge is 2.08. The zero-order valence-corrected chi connectivity index (χ0v) is 18.9. The van der Waals surface area contributed by atoms with Gasteiger partial charge in [-0.15, -0.1) is 0 Å². The Morgan fingerprint density at radius 1 is 0.879 bits per heavy atom. The summed E-state index contributed by atoms with van der Waals surface area (Å²) in [5.41, 5.74) is 4.85. The first-order chi connectivity index (χ1) is 16.2. The molecule has 0 saturated carbocycles. The van der Waals surface area contributed by atoms with Gasteiger partial charge in [0.1, 0.15) is 11.4 Å². The molecule has 0 spiro atoms. The van der Waals surface area contributed by atoms with Gasteiger partial charge < -0.3 is 4.74 Å². The minimum atomic E-state index is -0.420. The van der Waals surface area contributed by atoms with Gasteiger partial charge in [-0.05, 0) is 78.4 Å². The van der Waals surface area contributed by atoms with Gasteiger partial charge in [0.2, 0.25) is 0 Å². The Kier molecular flexibility index (Phi) is 7.29. The smallest absolute Gasteiger partial charge is 0.343 e. The van der Waals surface area contributed by atoms with Gasteiger partial charge in [0.15, 0.2) is 11.7 Å². The van der Waals surface area contributed by atoms with Crippen LogP contribution in [-0.2, 0) is 0 Å². The van der Waals surface area contributed by atoms with E-state index in [2.05, 4.69) is 41.4 Å². The molecule has 33 heavy (non-hydrogen) atoms. The van der Waals surface area contributed by atoms with Crippen molar-refractivity contribution in [1.82, 2.24) is 15.4 Å². The number of nitrogens with one attached hydrogen (secondary N) is 1. The molecule has 0 fully saturated rings.